The summed E-state index contributed by atoms with van der Waals surface area (Å²) >= 11 is 0. The van der Waals surface area contributed by atoms with E-state index in [9.17, 15) is 4.79 Å². The molecule has 1 rings (SSSR count). The lowest BCUT2D eigenvalue weighted by atomic mass is 10.2. The second-order valence-electron chi connectivity index (χ2n) is 2.19. The summed E-state index contributed by atoms with van der Waals surface area (Å²) in [6.45, 7) is 0. The lowest BCUT2D eigenvalue weighted by molar-refractivity contribution is -0.118. The summed E-state index contributed by atoms with van der Waals surface area (Å²) < 4.78 is 0. The van der Waals surface area contributed by atoms with Crippen LogP contribution in [0.4, 0.5) is 0 Å². The Labute approximate surface area is 70.2 Å². The first kappa shape index (κ1) is 8.39. The topological polar surface area (TPSA) is 67.8 Å². The summed E-state index contributed by atoms with van der Waals surface area (Å²) in [4.78, 5) is 10.7. The van der Waals surface area contributed by atoms with Gasteiger partial charge in [0.2, 0.25) is 5.91 Å². The Kier molecular flexibility index (Phi) is 2.95. The van der Waals surface area contributed by atoms with Crippen molar-refractivity contribution < 1.29 is 4.79 Å². The first-order chi connectivity index (χ1) is 5.80. The van der Waals surface area contributed by atoms with Crippen molar-refractivity contribution in [2.75, 3.05) is 0 Å². The van der Waals surface area contributed by atoms with Crippen LogP contribution in [0.1, 0.15) is 0 Å². The number of rotatable bonds is 1. The van der Waals surface area contributed by atoms with Crippen LogP contribution in [0.15, 0.2) is 46.8 Å². The predicted molar refractivity (Wildman–Crippen MR) is 45.3 cm³/mol. The number of hydrogen-bond acceptors (Lipinski definition) is 3. The van der Waals surface area contributed by atoms with Crippen molar-refractivity contribution in [2.24, 2.45) is 16.0 Å². The smallest absolute Gasteiger partial charge is 0.248 e. The van der Waals surface area contributed by atoms with Gasteiger partial charge in [-0.1, -0.05) is 18.2 Å². The summed E-state index contributed by atoms with van der Waals surface area (Å²) in [6.07, 6.45) is 10.1. The Balaban J connectivity index is 2.81. The second kappa shape index (κ2) is 4.23. The SMILES string of the molecule is NC(=O)C1\C=C/C=C\C=C/N=N1. The van der Waals surface area contributed by atoms with Gasteiger partial charge in [-0.15, -0.1) is 0 Å². The maximum absolute atomic E-state index is 10.7. The van der Waals surface area contributed by atoms with Gasteiger partial charge >= 0.3 is 0 Å². The summed E-state index contributed by atoms with van der Waals surface area (Å²) in [5, 5.41) is 7.31. The average Bonchev–Trinajstić information content (AvgIpc) is 2.15. The quantitative estimate of drug-likeness (QED) is 0.613. The fraction of sp³-hybridized carbons (Fsp3) is 0.125. The molecular formula is C8H9N3O. The van der Waals surface area contributed by atoms with E-state index in [1.807, 2.05) is 0 Å². The molecular weight excluding hydrogens is 154 g/mol. The third kappa shape index (κ3) is 2.49. The van der Waals surface area contributed by atoms with E-state index < -0.39 is 11.9 Å². The Morgan fingerprint density at radius 2 is 2.00 bits per heavy atom. The molecule has 1 amide bonds. The van der Waals surface area contributed by atoms with Crippen molar-refractivity contribution in [3.63, 3.8) is 0 Å². The number of azo groups is 1. The molecule has 1 heterocycles. The number of carbonyl (C=O) groups excluding carboxylic acids is 1. The first-order valence-corrected chi connectivity index (χ1v) is 3.50. The molecule has 62 valence electrons. The third-order valence-corrected chi connectivity index (χ3v) is 1.26. The van der Waals surface area contributed by atoms with Crippen molar-refractivity contribution in [1.29, 1.82) is 0 Å². The fourth-order valence-corrected chi connectivity index (χ4v) is 0.686. The molecule has 1 atom stereocenters. The van der Waals surface area contributed by atoms with E-state index in [2.05, 4.69) is 10.2 Å². The minimum absolute atomic E-state index is 0.501. The highest BCUT2D eigenvalue weighted by atomic mass is 16.1. The Bertz CT molecular complexity index is 254. The van der Waals surface area contributed by atoms with E-state index in [0.717, 1.165) is 0 Å². The maximum atomic E-state index is 10.7. The van der Waals surface area contributed by atoms with Crippen LogP contribution < -0.4 is 5.73 Å². The minimum atomic E-state index is -0.655. The largest absolute Gasteiger partial charge is 0.367 e. The van der Waals surface area contributed by atoms with E-state index >= 15 is 0 Å². The molecule has 0 aromatic heterocycles. The van der Waals surface area contributed by atoms with Crippen LogP contribution in [-0.4, -0.2) is 11.9 Å². The average molecular weight is 163 g/mol. The number of hydrogen-bond donors (Lipinski definition) is 1. The van der Waals surface area contributed by atoms with Gasteiger partial charge in [-0.3, -0.25) is 4.79 Å². The number of amides is 1. The van der Waals surface area contributed by atoms with Crippen LogP contribution in [0.25, 0.3) is 0 Å². The summed E-state index contributed by atoms with van der Waals surface area (Å²) in [7, 11) is 0. The van der Waals surface area contributed by atoms with Crippen molar-refractivity contribution in [3.8, 4) is 0 Å². The number of primary amides is 1. The molecule has 12 heavy (non-hydrogen) atoms. The van der Waals surface area contributed by atoms with Crippen LogP contribution in [-0.2, 0) is 4.79 Å². The van der Waals surface area contributed by atoms with Crippen molar-refractivity contribution >= 4 is 5.91 Å². The third-order valence-electron chi connectivity index (χ3n) is 1.26. The molecule has 0 saturated heterocycles. The van der Waals surface area contributed by atoms with Crippen molar-refractivity contribution in [1.82, 2.24) is 0 Å². The van der Waals surface area contributed by atoms with E-state index in [0.29, 0.717) is 0 Å². The van der Waals surface area contributed by atoms with Gasteiger partial charge in [0.25, 0.3) is 0 Å². The molecule has 4 nitrogen and oxygen atoms in total. The van der Waals surface area contributed by atoms with Crippen molar-refractivity contribution in [3.05, 3.63) is 36.6 Å². The molecule has 0 saturated carbocycles. The molecule has 0 bridgehead atoms. The molecule has 0 aromatic carbocycles. The van der Waals surface area contributed by atoms with Crippen LogP contribution >= 0.6 is 0 Å². The highest BCUT2D eigenvalue weighted by Gasteiger charge is 2.08. The summed E-state index contributed by atoms with van der Waals surface area (Å²) in [5.74, 6) is -0.501. The zero-order valence-electron chi connectivity index (χ0n) is 6.42. The molecule has 0 aliphatic carbocycles. The van der Waals surface area contributed by atoms with Gasteiger partial charge in [-0.25, -0.2) is 0 Å². The standard InChI is InChI=1S/C8H9N3O/c9-8(12)7-5-3-1-2-4-6-10-11-7/h1-7H,(H2,9,12)/b2-1-,5-3-,6-4-,11-10?. The van der Waals surface area contributed by atoms with Crippen LogP contribution in [0, 0.1) is 0 Å². The van der Waals surface area contributed by atoms with Crippen molar-refractivity contribution in [2.45, 2.75) is 6.04 Å². The monoisotopic (exact) mass is 163 g/mol. The van der Waals surface area contributed by atoms with Gasteiger partial charge in [0, 0.05) is 6.20 Å². The van der Waals surface area contributed by atoms with Gasteiger partial charge in [-0.05, 0) is 12.2 Å². The lowest BCUT2D eigenvalue weighted by Crippen LogP contribution is -2.24. The molecule has 0 radical (unpaired) electrons. The van der Waals surface area contributed by atoms with Crippen LogP contribution in [0.2, 0.25) is 0 Å². The predicted octanol–water partition coefficient (Wildman–Crippen LogP) is 0.932. The molecule has 0 aromatic rings. The van der Waals surface area contributed by atoms with Gasteiger partial charge in [0.05, 0.1) is 0 Å². The van der Waals surface area contributed by atoms with E-state index in [1.165, 1.54) is 6.20 Å². The van der Waals surface area contributed by atoms with E-state index in [4.69, 9.17) is 5.73 Å². The Morgan fingerprint density at radius 1 is 1.25 bits per heavy atom. The first-order valence-electron chi connectivity index (χ1n) is 3.50. The lowest BCUT2D eigenvalue weighted by Gasteiger charge is -1.97. The normalized spacial score (nSPS) is 29.5. The van der Waals surface area contributed by atoms with Crippen LogP contribution in [0.5, 0.6) is 0 Å². The zero-order chi connectivity index (χ0) is 8.81. The number of allylic oxidation sites excluding steroid dienone is 4. The molecule has 1 aliphatic heterocycles. The highest BCUT2D eigenvalue weighted by molar-refractivity contribution is 5.82. The van der Waals surface area contributed by atoms with Crippen LogP contribution in [0.3, 0.4) is 0 Å². The molecule has 0 spiro atoms. The molecule has 2 N–H and O–H groups in total. The molecule has 1 aliphatic rings. The fourth-order valence-electron chi connectivity index (χ4n) is 0.686. The minimum Gasteiger partial charge on any atom is -0.367 e. The zero-order valence-corrected chi connectivity index (χ0v) is 6.42. The summed E-state index contributed by atoms with van der Waals surface area (Å²) in [5.41, 5.74) is 5.05. The molecule has 4 heteroatoms. The molecule has 1 unspecified atom stereocenters. The number of nitrogens with zero attached hydrogens (tertiary/aromatic N) is 2. The maximum Gasteiger partial charge on any atom is 0.248 e. The number of carbonyl (C=O) groups is 1. The Morgan fingerprint density at radius 3 is 2.75 bits per heavy atom. The van der Waals surface area contributed by atoms with E-state index in [1.54, 1.807) is 30.4 Å². The highest BCUT2D eigenvalue weighted by Crippen LogP contribution is 1.97. The number of nitrogens with two attached hydrogens (primary N) is 1. The van der Waals surface area contributed by atoms with E-state index in [-0.39, 0.29) is 0 Å². The van der Waals surface area contributed by atoms with Gasteiger partial charge in [0.1, 0.15) is 0 Å². The Hall–Kier alpha value is -1.71. The van der Waals surface area contributed by atoms with Gasteiger partial charge in [-0.2, -0.15) is 10.2 Å². The van der Waals surface area contributed by atoms with Gasteiger partial charge < -0.3 is 5.73 Å². The summed E-state index contributed by atoms with van der Waals surface area (Å²) in [6, 6.07) is -0.655. The molecule has 0 fully saturated rings. The van der Waals surface area contributed by atoms with Gasteiger partial charge in [0.15, 0.2) is 6.04 Å². The second-order valence-corrected chi connectivity index (χ2v) is 2.19.